The molecular formula is C20H17N7O2. The molecule has 0 aliphatic carbocycles. The maximum Gasteiger partial charge on any atom is 0.261 e. The number of hydrogen-bond donors (Lipinski definition) is 2. The maximum absolute atomic E-state index is 5.84. The number of nitrogen functional groups attached to an aromatic ring is 1. The summed E-state index contributed by atoms with van der Waals surface area (Å²) in [6.45, 7) is 0.661. The van der Waals surface area contributed by atoms with Gasteiger partial charge < -0.3 is 20.3 Å². The molecular weight excluding hydrogens is 370 g/mol. The summed E-state index contributed by atoms with van der Waals surface area (Å²) in [5.74, 6) is 2.58. The lowest BCUT2D eigenvalue weighted by atomic mass is 10.1. The quantitative estimate of drug-likeness (QED) is 0.531. The summed E-state index contributed by atoms with van der Waals surface area (Å²) in [4.78, 5) is 17.2. The van der Waals surface area contributed by atoms with Gasteiger partial charge in [0, 0.05) is 12.1 Å². The average Bonchev–Trinajstić information content (AvgIpc) is 3.37. The van der Waals surface area contributed by atoms with Crippen molar-refractivity contribution in [3.05, 3.63) is 65.7 Å². The Bertz CT molecular complexity index is 1160. The van der Waals surface area contributed by atoms with Gasteiger partial charge in [0.2, 0.25) is 11.9 Å². The third kappa shape index (κ3) is 3.57. The van der Waals surface area contributed by atoms with Crippen LogP contribution in [0.15, 0.2) is 53.1 Å². The minimum absolute atomic E-state index is 0.117. The van der Waals surface area contributed by atoms with Gasteiger partial charge in [-0.25, -0.2) is 0 Å². The number of benzene rings is 2. The molecule has 0 unspecified atom stereocenters. The fraction of sp³-hybridized carbons (Fsp3) is 0.150. The van der Waals surface area contributed by atoms with Crippen molar-refractivity contribution in [3.63, 3.8) is 0 Å². The summed E-state index contributed by atoms with van der Waals surface area (Å²) in [5.41, 5.74) is 8.63. The molecule has 0 saturated heterocycles. The Balaban J connectivity index is 1.38. The summed E-state index contributed by atoms with van der Waals surface area (Å²) < 4.78 is 11.2. The highest BCUT2D eigenvalue weighted by Gasteiger charge is 2.21. The second-order valence-corrected chi connectivity index (χ2v) is 6.51. The maximum atomic E-state index is 5.84. The van der Waals surface area contributed by atoms with Crippen LogP contribution in [-0.2, 0) is 12.8 Å². The predicted molar refractivity (Wildman–Crippen MR) is 106 cm³/mol. The third-order valence-corrected chi connectivity index (χ3v) is 4.46. The van der Waals surface area contributed by atoms with Crippen LogP contribution in [0.1, 0.15) is 17.2 Å². The van der Waals surface area contributed by atoms with Gasteiger partial charge >= 0.3 is 0 Å². The Labute approximate surface area is 166 Å². The Morgan fingerprint density at radius 1 is 0.931 bits per heavy atom. The van der Waals surface area contributed by atoms with Gasteiger partial charge in [-0.3, -0.25) is 0 Å². The van der Waals surface area contributed by atoms with Crippen molar-refractivity contribution >= 4 is 17.6 Å². The summed E-state index contributed by atoms with van der Waals surface area (Å²) in [5, 5.41) is 7.16. The Hall–Kier alpha value is -4.01. The first-order chi connectivity index (χ1) is 14.2. The van der Waals surface area contributed by atoms with Crippen LogP contribution < -0.4 is 15.8 Å². The molecule has 0 amide bonds. The zero-order valence-corrected chi connectivity index (χ0v) is 15.4. The molecule has 29 heavy (non-hydrogen) atoms. The standard InChI is InChI=1S/C20H17N7O2/c21-19-24-15(25-20(26-19)22-13-6-2-1-3-7-13)11-16-23-18(29-27-16)14-8-4-5-12-9-10-28-17(12)14/h1-8H,9-11H2,(H3,21,22,24,25,26). The first kappa shape index (κ1) is 17.1. The van der Waals surface area contributed by atoms with E-state index in [1.807, 2.05) is 48.5 Å². The van der Waals surface area contributed by atoms with Crippen LogP contribution in [0.5, 0.6) is 5.75 Å². The van der Waals surface area contributed by atoms with Gasteiger partial charge in [0.15, 0.2) is 5.82 Å². The summed E-state index contributed by atoms with van der Waals surface area (Å²) in [6.07, 6.45) is 1.14. The van der Waals surface area contributed by atoms with Crippen molar-refractivity contribution in [2.24, 2.45) is 0 Å². The highest BCUT2D eigenvalue weighted by Crippen LogP contribution is 2.35. The lowest BCUT2D eigenvalue weighted by Crippen LogP contribution is -2.08. The van der Waals surface area contributed by atoms with E-state index in [0.29, 0.717) is 30.1 Å². The van der Waals surface area contributed by atoms with Gasteiger partial charge in [-0.1, -0.05) is 35.5 Å². The smallest absolute Gasteiger partial charge is 0.261 e. The number of nitrogens with two attached hydrogens (primary N) is 1. The van der Waals surface area contributed by atoms with Gasteiger partial charge in [0.1, 0.15) is 11.6 Å². The summed E-state index contributed by atoms with van der Waals surface area (Å²) in [6, 6.07) is 15.5. The minimum Gasteiger partial charge on any atom is -0.492 e. The number of hydrogen-bond acceptors (Lipinski definition) is 9. The van der Waals surface area contributed by atoms with Gasteiger partial charge in [-0.15, -0.1) is 0 Å². The van der Waals surface area contributed by atoms with E-state index >= 15 is 0 Å². The van der Waals surface area contributed by atoms with Crippen molar-refractivity contribution < 1.29 is 9.26 Å². The molecule has 3 heterocycles. The molecule has 0 fully saturated rings. The van der Waals surface area contributed by atoms with Crippen LogP contribution in [0.2, 0.25) is 0 Å². The number of aromatic nitrogens is 5. The van der Waals surface area contributed by atoms with E-state index in [4.69, 9.17) is 15.0 Å². The van der Waals surface area contributed by atoms with Crippen LogP contribution in [0.4, 0.5) is 17.6 Å². The van der Waals surface area contributed by atoms with Gasteiger partial charge in [0.05, 0.1) is 18.6 Å². The highest BCUT2D eigenvalue weighted by molar-refractivity contribution is 5.66. The molecule has 5 rings (SSSR count). The number of nitrogens with one attached hydrogen (secondary N) is 1. The molecule has 144 valence electrons. The van der Waals surface area contributed by atoms with E-state index in [1.54, 1.807) is 0 Å². The Kier molecular flexibility index (Phi) is 4.24. The molecule has 1 aliphatic rings. The molecule has 2 aromatic heterocycles. The molecule has 4 aromatic rings. The molecule has 0 saturated carbocycles. The van der Waals surface area contributed by atoms with E-state index in [-0.39, 0.29) is 12.4 Å². The molecule has 0 bridgehead atoms. The number of ether oxygens (including phenoxy) is 1. The molecule has 2 aromatic carbocycles. The summed E-state index contributed by atoms with van der Waals surface area (Å²) in [7, 11) is 0. The lowest BCUT2D eigenvalue weighted by Gasteiger charge is -2.06. The van der Waals surface area contributed by atoms with E-state index in [0.717, 1.165) is 29.0 Å². The topological polar surface area (TPSA) is 125 Å². The number of rotatable bonds is 5. The molecule has 1 aliphatic heterocycles. The third-order valence-electron chi connectivity index (χ3n) is 4.46. The average molecular weight is 387 g/mol. The highest BCUT2D eigenvalue weighted by atomic mass is 16.5. The fourth-order valence-electron chi connectivity index (χ4n) is 3.18. The van der Waals surface area contributed by atoms with Crippen molar-refractivity contribution in [3.8, 4) is 17.2 Å². The molecule has 0 spiro atoms. The molecule has 9 heteroatoms. The van der Waals surface area contributed by atoms with Crippen LogP contribution in [0, 0.1) is 0 Å². The van der Waals surface area contributed by atoms with E-state index < -0.39 is 0 Å². The van der Waals surface area contributed by atoms with Crippen LogP contribution in [0.25, 0.3) is 11.5 Å². The van der Waals surface area contributed by atoms with Crippen molar-refractivity contribution in [2.75, 3.05) is 17.7 Å². The van der Waals surface area contributed by atoms with Crippen LogP contribution in [0.3, 0.4) is 0 Å². The number of anilines is 3. The summed E-state index contributed by atoms with van der Waals surface area (Å²) >= 11 is 0. The Morgan fingerprint density at radius 2 is 1.83 bits per heavy atom. The van der Waals surface area contributed by atoms with Crippen molar-refractivity contribution in [1.29, 1.82) is 0 Å². The monoisotopic (exact) mass is 387 g/mol. The normalized spacial score (nSPS) is 12.4. The van der Waals surface area contributed by atoms with E-state index in [2.05, 4.69) is 30.4 Å². The first-order valence-corrected chi connectivity index (χ1v) is 9.15. The Morgan fingerprint density at radius 3 is 2.72 bits per heavy atom. The zero-order valence-electron chi connectivity index (χ0n) is 15.4. The molecule has 3 N–H and O–H groups in total. The van der Waals surface area contributed by atoms with Crippen LogP contribution >= 0.6 is 0 Å². The first-order valence-electron chi connectivity index (χ1n) is 9.15. The number of fused-ring (bicyclic) bond motifs is 1. The fourth-order valence-corrected chi connectivity index (χ4v) is 3.18. The van der Waals surface area contributed by atoms with Crippen LogP contribution in [-0.4, -0.2) is 31.7 Å². The van der Waals surface area contributed by atoms with Gasteiger partial charge in [0.25, 0.3) is 5.89 Å². The second-order valence-electron chi connectivity index (χ2n) is 6.51. The van der Waals surface area contributed by atoms with Crippen molar-refractivity contribution in [2.45, 2.75) is 12.8 Å². The van der Waals surface area contributed by atoms with E-state index in [1.165, 1.54) is 0 Å². The molecule has 0 radical (unpaired) electrons. The van der Waals surface area contributed by atoms with Crippen molar-refractivity contribution in [1.82, 2.24) is 25.1 Å². The van der Waals surface area contributed by atoms with E-state index in [9.17, 15) is 0 Å². The lowest BCUT2D eigenvalue weighted by molar-refractivity contribution is 0.355. The second kappa shape index (κ2) is 7.19. The largest absolute Gasteiger partial charge is 0.492 e. The van der Waals surface area contributed by atoms with Gasteiger partial charge in [-0.2, -0.15) is 19.9 Å². The molecule has 0 atom stereocenters. The number of nitrogens with zero attached hydrogens (tertiary/aromatic N) is 5. The SMILES string of the molecule is Nc1nc(Cc2noc(-c3cccc4c3OCC4)n2)nc(Nc2ccccc2)n1. The zero-order chi connectivity index (χ0) is 19.6. The molecule has 9 nitrogen and oxygen atoms in total. The predicted octanol–water partition coefficient (Wildman–Crippen LogP) is 2.77. The minimum atomic E-state index is 0.117. The van der Waals surface area contributed by atoms with Gasteiger partial charge in [-0.05, 0) is 23.8 Å². The number of para-hydroxylation sites is 2.